The summed E-state index contributed by atoms with van der Waals surface area (Å²) in [5.41, 5.74) is 0.460. The van der Waals surface area contributed by atoms with Gasteiger partial charge in [0.25, 0.3) is 5.91 Å². The highest BCUT2D eigenvalue weighted by molar-refractivity contribution is 5.92. The van der Waals surface area contributed by atoms with Crippen LogP contribution in [0.25, 0.3) is 10.8 Å². The SMILES string of the molecule is COC(=O)NCC1(O)C(=O)N(C2CCN(C3Cc4cccc5cccc3c45)CC2)C2(C)C=CC=CC12. The Labute approximate surface area is 211 Å². The lowest BCUT2D eigenvalue weighted by Gasteiger charge is -2.46. The van der Waals surface area contributed by atoms with Gasteiger partial charge in [0, 0.05) is 31.1 Å². The van der Waals surface area contributed by atoms with Crippen LogP contribution in [0.4, 0.5) is 4.79 Å². The lowest BCUT2D eigenvalue weighted by Crippen LogP contribution is -2.55. The van der Waals surface area contributed by atoms with Crippen molar-refractivity contribution >= 4 is 22.8 Å². The third-order valence-electron chi connectivity index (χ3n) is 8.89. The molecule has 2 aliphatic carbocycles. The summed E-state index contributed by atoms with van der Waals surface area (Å²) in [7, 11) is 1.27. The van der Waals surface area contributed by atoms with Crippen molar-refractivity contribution in [2.45, 2.75) is 49.4 Å². The number of alkyl carbamates (subject to hydrolysis) is 1. The van der Waals surface area contributed by atoms with Gasteiger partial charge in [-0.05, 0) is 48.1 Å². The van der Waals surface area contributed by atoms with E-state index in [-0.39, 0.29) is 18.5 Å². The molecule has 2 heterocycles. The summed E-state index contributed by atoms with van der Waals surface area (Å²) < 4.78 is 4.68. The number of fused-ring (bicyclic) bond motifs is 1. The number of ether oxygens (including phenoxy) is 1. The molecule has 4 atom stereocenters. The van der Waals surface area contributed by atoms with E-state index in [1.54, 1.807) is 0 Å². The smallest absolute Gasteiger partial charge is 0.406 e. The van der Waals surface area contributed by atoms with E-state index in [9.17, 15) is 14.7 Å². The van der Waals surface area contributed by atoms with Gasteiger partial charge in [-0.25, -0.2) is 4.79 Å². The number of hydrogen-bond acceptors (Lipinski definition) is 5. The Hall–Kier alpha value is -3.16. The fourth-order valence-corrected chi connectivity index (χ4v) is 7.18. The molecule has 2 amide bonds. The normalized spacial score (nSPS) is 31.8. The van der Waals surface area contributed by atoms with Gasteiger partial charge in [-0.3, -0.25) is 9.69 Å². The minimum absolute atomic E-state index is 0.0177. The Bertz CT molecular complexity index is 1280. The van der Waals surface area contributed by atoms with Gasteiger partial charge in [0.2, 0.25) is 0 Å². The van der Waals surface area contributed by atoms with E-state index in [1.165, 1.54) is 29.0 Å². The largest absolute Gasteiger partial charge is 0.453 e. The van der Waals surface area contributed by atoms with Crippen LogP contribution < -0.4 is 5.32 Å². The van der Waals surface area contributed by atoms with Gasteiger partial charge in [-0.1, -0.05) is 60.7 Å². The number of amides is 2. The fourth-order valence-electron chi connectivity index (χ4n) is 7.18. The number of aliphatic hydroxyl groups is 1. The van der Waals surface area contributed by atoms with Crippen molar-refractivity contribution in [2.24, 2.45) is 5.92 Å². The molecule has 0 saturated carbocycles. The summed E-state index contributed by atoms with van der Waals surface area (Å²) in [4.78, 5) is 30.0. The highest BCUT2D eigenvalue weighted by Crippen LogP contribution is 2.49. The molecule has 0 spiro atoms. The van der Waals surface area contributed by atoms with Crippen LogP contribution in [-0.4, -0.2) is 70.8 Å². The van der Waals surface area contributed by atoms with E-state index < -0.39 is 23.2 Å². The first-order valence-corrected chi connectivity index (χ1v) is 12.9. The van der Waals surface area contributed by atoms with Crippen molar-refractivity contribution < 1.29 is 19.4 Å². The molecule has 2 saturated heterocycles. The molecule has 0 bridgehead atoms. The second kappa shape index (κ2) is 8.46. The minimum atomic E-state index is -1.72. The molecule has 188 valence electrons. The Morgan fingerprint density at radius 2 is 1.92 bits per heavy atom. The summed E-state index contributed by atoms with van der Waals surface area (Å²) in [5.74, 6) is -0.779. The van der Waals surface area contributed by atoms with Crippen molar-refractivity contribution in [3.05, 3.63) is 71.8 Å². The number of nitrogens with zero attached hydrogens (tertiary/aromatic N) is 2. The van der Waals surface area contributed by atoms with E-state index in [1.807, 2.05) is 36.1 Å². The summed E-state index contributed by atoms with van der Waals surface area (Å²) in [5, 5.41) is 16.9. The molecule has 2 aromatic rings. The van der Waals surface area contributed by atoms with Gasteiger partial charge < -0.3 is 20.1 Å². The average molecular weight is 488 g/mol. The lowest BCUT2D eigenvalue weighted by molar-refractivity contribution is -0.147. The lowest BCUT2D eigenvalue weighted by atomic mass is 9.75. The van der Waals surface area contributed by atoms with E-state index >= 15 is 0 Å². The van der Waals surface area contributed by atoms with E-state index in [2.05, 4.69) is 51.4 Å². The standard InChI is InChI=1S/C29H33N3O4/c1-28-14-4-3-11-24(28)29(35,18-30-27(34)36-2)26(33)32(28)21-12-15-31(16-13-21)23-17-20-9-5-7-19-8-6-10-22(23)25(19)20/h3-11,14,21,23-24,35H,12-13,15-18H2,1-2H3,(H,30,34). The number of allylic oxidation sites excluding steroid dienone is 2. The first-order valence-electron chi connectivity index (χ1n) is 12.9. The molecule has 36 heavy (non-hydrogen) atoms. The van der Waals surface area contributed by atoms with Crippen LogP contribution in [0.1, 0.15) is 36.9 Å². The quantitative estimate of drug-likeness (QED) is 0.692. The molecule has 7 heteroatoms. The van der Waals surface area contributed by atoms with Crippen molar-refractivity contribution in [1.82, 2.24) is 15.1 Å². The maximum atomic E-state index is 13.8. The van der Waals surface area contributed by atoms with Crippen LogP contribution in [0.15, 0.2) is 60.7 Å². The molecule has 2 aromatic carbocycles. The fraction of sp³-hybridized carbons (Fsp3) is 0.448. The van der Waals surface area contributed by atoms with Crippen molar-refractivity contribution in [3.8, 4) is 0 Å². The third kappa shape index (κ3) is 3.33. The maximum Gasteiger partial charge on any atom is 0.406 e. The van der Waals surface area contributed by atoms with Crippen molar-refractivity contribution in [3.63, 3.8) is 0 Å². The summed E-state index contributed by atoms with van der Waals surface area (Å²) >= 11 is 0. The summed E-state index contributed by atoms with van der Waals surface area (Å²) in [6, 6.07) is 13.6. The number of methoxy groups -OCH3 is 1. The van der Waals surface area contributed by atoms with E-state index in [0.29, 0.717) is 6.04 Å². The Morgan fingerprint density at radius 3 is 2.67 bits per heavy atom. The molecule has 0 radical (unpaired) electrons. The maximum absolute atomic E-state index is 13.8. The number of hydrogen-bond donors (Lipinski definition) is 2. The predicted octanol–water partition coefficient (Wildman–Crippen LogP) is 3.33. The zero-order valence-corrected chi connectivity index (χ0v) is 20.8. The number of likely N-dealkylation sites (tertiary alicyclic amines) is 2. The van der Waals surface area contributed by atoms with Crippen molar-refractivity contribution in [2.75, 3.05) is 26.7 Å². The van der Waals surface area contributed by atoms with E-state index in [0.717, 1.165) is 32.4 Å². The van der Waals surface area contributed by atoms with Gasteiger partial charge >= 0.3 is 6.09 Å². The highest BCUT2D eigenvalue weighted by atomic mass is 16.5. The molecular formula is C29H33N3O4. The number of benzene rings is 2. The van der Waals surface area contributed by atoms with Gasteiger partial charge in [0.05, 0.1) is 19.2 Å². The van der Waals surface area contributed by atoms with Crippen LogP contribution in [0, 0.1) is 5.92 Å². The number of carbonyl (C=O) groups excluding carboxylic acids is 2. The topological polar surface area (TPSA) is 82.1 Å². The number of carbonyl (C=O) groups is 2. The van der Waals surface area contributed by atoms with Gasteiger partial charge in [-0.15, -0.1) is 0 Å². The Balaban J connectivity index is 1.22. The molecule has 6 rings (SSSR count). The molecule has 4 unspecified atom stereocenters. The highest BCUT2D eigenvalue weighted by Gasteiger charge is 2.64. The first kappa shape index (κ1) is 23.3. The van der Waals surface area contributed by atoms with Gasteiger partial charge in [-0.2, -0.15) is 0 Å². The van der Waals surface area contributed by atoms with Crippen molar-refractivity contribution in [1.29, 1.82) is 0 Å². The van der Waals surface area contributed by atoms with Crippen LogP contribution in [0.2, 0.25) is 0 Å². The average Bonchev–Trinajstić information content (AvgIpc) is 3.35. The van der Waals surface area contributed by atoms with Crippen LogP contribution in [-0.2, 0) is 16.0 Å². The van der Waals surface area contributed by atoms with Gasteiger partial charge in [0.1, 0.15) is 0 Å². The monoisotopic (exact) mass is 487 g/mol. The molecule has 2 fully saturated rings. The molecule has 0 aromatic heterocycles. The Morgan fingerprint density at radius 1 is 1.17 bits per heavy atom. The Kier molecular flexibility index (Phi) is 5.46. The molecule has 4 aliphatic rings. The molecule has 7 nitrogen and oxygen atoms in total. The predicted molar refractivity (Wildman–Crippen MR) is 137 cm³/mol. The molecule has 2 aliphatic heterocycles. The van der Waals surface area contributed by atoms with Crippen LogP contribution in [0.5, 0.6) is 0 Å². The summed E-state index contributed by atoms with van der Waals surface area (Å²) in [6.07, 6.45) is 9.77. The van der Waals surface area contributed by atoms with E-state index in [4.69, 9.17) is 0 Å². The summed E-state index contributed by atoms with van der Waals surface area (Å²) in [6.45, 7) is 3.62. The molecular weight excluding hydrogens is 454 g/mol. The third-order valence-corrected chi connectivity index (χ3v) is 8.89. The second-order valence-corrected chi connectivity index (χ2v) is 10.7. The second-order valence-electron chi connectivity index (χ2n) is 10.7. The number of nitrogens with one attached hydrogen (secondary N) is 1. The van der Waals surface area contributed by atoms with Crippen LogP contribution in [0.3, 0.4) is 0 Å². The number of piperidine rings is 1. The molecule has 2 N–H and O–H groups in total. The zero-order valence-electron chi connectivity index (χ0n) is 20.8. The zero-order chi connectivity index (χ0) is 25.1. The number of rotatable bonds is 4. The minimum Gasteiger partial charge on any atom is -0.453 e. The van der Waals surface area contributed by atoms with Gasteiger partial charge in [0.15, 0.2) is 5.60 Å². The van der Waals surface area contributed by atoms with Crippen LogP contribution >= 0.6 is 0 Å². The first-order chi connectivity index (χ1) is 17.4.